The van der Waals surface area contributed by atoms with Gasteiger partial charge >= 0.3 is 0 Å². The minimum Gasteiger partial charge on any atom is -0.497 e. The van der Waals surface area contributed by atoms with Gasteiger partial charge in [-0.1, -0.05) is 71.9 Å². The van der Waals surface area contributed by atoms with Crippen molar-refractivity contribution < 1.29 is 14.1 Å². The molecule has 1 unspecified atom stereocenters. The summed E-state index contributed by atoms with van der Waals surface area (Å²) in [5, 5.41) is 7.06. The highest BCUT2D eigenvalue weighted by molar-refractivity contribution is 5.76. The number of carbonyl (C=O) groups is 1. The van der Waals surface area contributed by atoms with Crippen molar-refractivity contribution >= 4 is 5.91 Å². The number of ether oxygens (including phenoxy) is 1. The van der Waals surface area contributed by atoms with Crippen molar-refractivity contribution in [3.8, 4) is 28.3 Å². The Morgan fingerprint density at radius 3 is 2.28 bits per heavy atom. The van der Waals surface area contributed by atoms with Crippen LogP contribution in [0.2, 0.25) is 0 Å². The molecule has 0 aliphatic carbocycles. The van der Waals surface area contributed by atoms with Crippen LogP contribution in [0.5, 0.6) is 5.75 Å². The summed E-state index contributed by atoms with van der Waals surface area (Å²) in [6.45, 7) is 1.95. The quantitative estimate of drug-likeness (QED) is 0.417. The Labute approximate surface area is 187 Å². The van der Waals surface area contributed by atoms with Gasteiger partial charge in [0.05, 0.1) is 13.2 Å². The van der Waals surface area contributed by atoms with Gasteiger partial charge in [-0.3, -0.25) is 4.79 Å². The predicted molar refractivity (Wildman–Crippen MR) is 123 cm³/mol. The number of methoxy groups -OCH3 is 1. The Balaban J connectivity index is 1.31. The molecule has 1 atom stereocenters. The number of nitrogens with zero attached hydrogens (tertiary/aromatic N) is 2. The fourth-order valence-electron chi connectivity index (χ4n) is 3.43. The summed E-state index contributed by atoms with van der Waals surface area (Å²) in [6, 6.07) is 25.7. The maximum absolute atomic E-state index is 12.3. The molecule has 162 valence electrons. The molecule has 0 radical (unpaired) electrons. The van der Waals surface area contributed by atoms with E-state index < -0.39 is 0 Å². The lowest BCUT2D eigenvalue weighted by molar-refractivity contribution is -0.121. The van der Waals surface area contributed by atoms with Gasteiger partial charge in [-0.15, -0.1) is 0 Å². The number of aryl methyl sites for hydroxylation is 1. The Morgan fingerprint density at radius 2 is 1.59 bits per heavy atom. The standard InChI is InChI=1S/C26H25N3O3/c1-18(19-12-14-23(31-2)15-13-19)27-24(30)16-17-25-28-26(29-32-25)22-10-8-21(9-11-22)20-6-4-3-5-7-20/h3-15,18H,16-17H2,1-2H3,(H,27,30). The lowest BCUT2D eigenvalue weighted by Gasteiger charge is -2.14. The number of hydrogen-bond donors (Lipinski definition) is 1. The fourth-order valence-corrected chi connectivity index (χ4v) is 3.43. The summed E-state index contributed by atoms with van der Waals surface area (Å²) in [6.07, 6.45) is 0.658. The van der Waals surface area contributed by atoms with Crippen LogP contribution in [0.1, 0.15) is 30.8 Å². The average Bonchev–Trinajstić information content (AvgIpc) is 3.32. The molecule has 1 N–H and O–H groups in total. The molecule has 0 spiro atoms. The second-order valence-corrected chi connectivity index (χ2v) is 7.52. The molecule has 3 aromatic carbocycles. The molecule has 0 bridgehead atoms. The van der Waals surface area contributed by atoms with Crippen molar-refractivity contribution in [2.24, 2.45) is 0 Å². The SMILES string of the molecule is COc1ccc(C(C)NC(=O)CCc2nc(-c3ccc(-c4ccccc4)cc3)no2)cc1. The average molecular weight is 428 g/mol. The van der Waals surface area contributed by atoms with Crippen molar-refractivity contribution in [3.05, 3.63) is 90.3 Å². The van der Waals surface area contributed by atoms with Crippen molar-refractivity contribution in [2.75, 3.05) is 7.11 Å². The van der Waals surface area contributed by atoms with Crippen LogP contribution in [0, 0.1) is 0 Å². The van der Waals surface area contributed by atoms with Gasteiger partial charge in [0.25, 0.3) is 0 Å². The van der Waals surface area contributed by atoms with Gasteiger partial charge in [-0.05, 0) is 35.7 Å². The topological polar surface area (TPSA) is 77.2 Å². The zero-order chi connectivity index (χ0) is 22.3. The molecule has 0 saturated heterocycles. The van der Waals surface area contributed by atoms with Crippen LogP contribution in [0.25, 0.3) is 22.5 Å². The highest BCUT2D eigenvalue weighted by atomic mass is 16.5. The normalized spacial score (nSPS) is 11.7. The van der Waals surface area contributed by atoms with E-state index >= 15 is 0 Å². The van der Waals surface area contributed by atoms with Gasteiger partial charge in [0, 0.05) is 18.4 Å². The van der Waals surface area contributed by atoms with Crippen LogP contribution >= 0.6 is 0 Å². The largest absolute Gasteiger partial charge is 0.497 e. The van der Waals surface area contributed by atoms with Gasteiger partial charge < -0.3 is 14.6 Å². The highest BCUT2D eigenvalue weighted by Gasteiger charge is 2.13. The summed E-state index contributed by atoms with van der Waals surface area (Å²) >= 11 is 0. The fraction of sp³-hybridized carbons (Fsp3) is 0.192. The molecule has 0 fully saturated rings. The van der Waals surface area contributed by atoms with Crippen LogP contribution < -0.4 is 10.1 Å². The smallest absolute Gasteiger partial charge is 0.227 e. The maximum Gasteiger partial charge on any atom is 0.227 e. The van der Waals surface area contributed by atoms with E-state index in [9.17, 15) is 4.79 Å². The minimum atomic E-state index is -0.102. The first-order valence-corrected chi connectivity index (χ1v) is 10.5. The summed E-state index contributed by atoms with van der Waals surface area (Å²) in [5.41, 5.74) is 4.17. The zero-order valence-corrected chi connectivity index (χ0v) is 18.1. The summed E-state index contributed by atoms with van der Waals surface area (Å²) in [4.78, 5) is 16.8. The van der Waals surface area contributed by atoms with Crippen molar-refractivity contribution in [1.82, 2.24) is 15.5 Å². The third-order valence-electron chi connectivity index (χ3n) is 5.28. The molecular formula is C26H25N3O3. The maximum atomic E-state index is 12.3. The summed E-state index contributed by atoms with van der Waals surface area (Å²) in [7, 11) is 1.63. The molecule has 32 heavy (non-hydrogen) atoms. The number of aromatic nitrogens is 2. The van der Waals surface area contributed by atoms with Crippen LogP contribution in [0.15, 0.2) is 83.4 Å². The molecule has 4 rings (SSSR count). The molecule has 0 saturated carbocycles. The monoisotopic (exact) mass is 427 g/mol. The molecule has 6 heteroatoms. The lowest BCUT2D eigenvalue weighted by atomic mass is 10.0. The van der Waals surface area contributed by atoms with Gasteiger partial charge in [0.2, 0.25) is 17.6 Å². The first-order chi connectivity index (χ1) is 15.6. The highest BCUT2D eigenvalue weighted by Crippen LogP contribution is 2.23. The molecule has 4 aromatic rings. The van der Waals surface area contributed by atoms with E-state index in [4.69, 9.17) is 9.26 Å². The molecular weight excluding hydrogens is 402 g/mol. The molecule has 6 nitrogen and oxygen atoms in total. The number of carbonyl (C=O) groups excluding carboxylic acids is 1. The predicted octanol–water partition coefficient (Wildman–Crippen LogP) is 5.22. The summed E-state index contributed by atoms with van der Waals surface area (Å²) in [5.74, 6) is 1.68. The second kappa shape index (κ2) is 9.92. The van der Waals surface area contributed by atoms with E-state index in [1.807, 2.05) is 73.7 Å². The van der Waals surface area contributed by atoms with E-state index in [0.29, 0.717) is 18.1 Å². The van der Waals surface area contributed by atoms with Crippen LogP contribution in [0.4, 0.5) is 0 Å². The lowest BCUT2D eigenvalue weighted by Crippen LogP contribution is -2.26. The van der Waals surface area contributed by atoms with Crippen LogP contribution in [-0.4, -0.2) is 23.2 Å². The Morgan fingerprint density at radius 1 is 0.938 bits per heavy atom. The second-order valence-electron chi connectivity index (χ2n) is 7.52. The van der Waals surface area contributed by atoms with Crippen LogP contribution in [-0.2, 0) is 11.2 Å². The molecule has 1 amide bonds. The summed E-state index contributed by atoms with van der Waals surface area (Å²) < 4.78 is 10.5. The first kappa shape index (κ1) is 21.3. The van der Waals surface area contributed by atoms with Gasteiger partial charge in [0.15, 0.2) is 0 Å². The van der Waals surface area contributed by atoms with Gasteiger partial charge in [-0.2, -0.15) is 4.98 Å². The number of rotatable bonds is 8. The van der Waals surface area contributed by atoms with Crippen molar-refractivity contribution in [3.63, 3.8) is 0 Å². The van der Waals surface area contributed by atoms with E-state index in [1.54, 1.807) is 7.11 Å². The number of hydrogen-bond acceptors (Lipinski definition) is 5. The number of amides is 1. The Bertz CT molecular complexity index is 1150. The zero-order valence-electron chi connectivity index (χ0n) is 18.1. The van der Waals surface area contributed by atoms with E-state index in [0.717, 1.165) is 28.0 Å². The number of nitrogens with one attached hydrogen (secondary N) is 1. The van der Waals surface area contributed by atoms with Crippen molar-refractivity contribution in [1.29, 1.82) is 0 Å². The van der Waals surface area contributed by atoms with E-state index in [-0.39, 0.29) is 18.4 Å². The number of benzene rings is 3. The molecule has 0 aliphatic heterocycles. The van der Waals surface area contributed by atoms with Gasteiger partial charge in [-0.25, -0.2) is 0 Å². The van der Waals surface area contributed by atoms with Crippen LogP contribution in [0.3, 0.4) is 0 Å². The Hall–Kier alpha value is -3.93. The molecule has 0 aliphatic rings. The van der Waals surface area contributed by atoms with E-state index in [1.165, 1.54) is 0 Å². The van der Waals surface area contributed by atoms with Crippen molar-refractivity contribution in [2.45, 2.75) is 25.8 Å². The Kier molecular flexibility index (Phi) is 6.60. The third-order valence-corrected chi connectivity index (χ3v) is 5.28. The van der Waals surface area contributed by atoms with Gasteiger partial charge in [0.1, 0.15) is 5.75 Å². The first-order valence-electron chi connectivity index (χ1n) is 10.5. The van der Waals surface area contributed by atoms with E-state index in [2.05, 4.69) is 27.6 Å². The minimum absolute atomic E-state index is 0.0692. The molecule has 1 aromatic heterocycles. The third kappa shape index (κ3) is 5.21. The molecule has 1 heterocycles.